The third-order valence-corrected chi connectivity index (χ3v) is 7.73. The normalized spacial score (nSPS) is 13.5. The Bertz CT molecular complexity index is 1760. The molecule has 2 heterocycles. The van der Waals surface area contributed by atoms with Crippen molar-refractivity contribution >= 4 is 22.4 Å². The number of amides is 1. The maximum Gasteiger partial charge on any atom is 0.274 e. The number of aromatic nitrogens is 2. The second-order valence-corrected chi connectivity index (χ2v) is 10.5. The number of hydrogen-bond acceptors (Lipinski definition) is 5. The monoisotopic (exact) mass is 564 g/mol. The number of hydrogen-bond donors (Lipinski definition) is 1. The van der Waals surface area contributed by atoms with E-state index in [0.717, 1.165) is 33.3 Å². The highest BCUT2D eigenvalue weighted by Gasteiger charge is 2.27. The number of piperazine rings is 1. The van der Waals surface area contributed by atoms with Crippen LogP contribution in [0.1, 0.15) is 28.5 Å². The average Bonchev–Trinajstić information content (AvgIpc) is 3.46. The molecule has 1 amide bonds. The van der Waals surface area contributed by atoms with Crippen LogP contribution in [0.5, 0.6) is 5.75 Å². The topological polar surface area (TPSA) is 70.8 Å². The molecular formula is C34H33FN4O3. The first kappa shape index (κ1) is 27.5. The van der Waals surface area contributed by atoms with Crippen molar-refractivity contribution in [1.82, 2.24) is 14.5 Å². The molecule has 0 atom stereocenters. The third kappa shape index (κ3) is 5.33. The number of imidazole rings is 1. The molecule has 0 unspecified atom stereocenters. The summed E-state index contributed by atoms with van der Waals surface area (Å²) in [6.07, 6.45) is 1.69. The molecule has 214 valence electrons. The molecule has 4 aromatic carbocycles. The maximum atomic E-state index is 15.2. The Hall–Kier alpha value is -4.69. The second kappa shape index (κ2) is 11.7. The molecule has 42 heavy (non-hydrogen) atoms. The van der Waals surface area contributed by atoms with E-state index in [-0.39, 0.29) is 18.2 Å². The first-order valence-corrected chi connectivity index (χ1v) is 14.2. The van der Waals surface area contributed by atoms with E-state index in [9.17, 15) is 9.90 Å². The lowest BCUT2D eigenvalue weighted by Gasteiger charge is -2.36. The van der Waals surface area contributed by atoms with E-state index >= 15 is 4.39 Å². The molecule has 6 rings (SSSR count). The predicted octanol–water partition coefficient (Wildman–Crippen LogP) is 5.99. The number of carbonyl (C=O) groups excluding carboxylic acids is 1. The van der Waals surface area contributed by atoms with E-state index in [1.807, 2.05) is 74.5 Å². The van der Waals surface area contributed by atoms with E-state index in [4.69, 9.17) is 4.74 Å². The molecule has 5 aromatic rings. The van der Waals surface area contributed by atoms with Crippen LogP contribution in [-0.2, 0) is 6.61 Å². The van der Waals surface area contributed by atoms with Gasteiger partial charge >= 0.3 is 0 Å². The summed E-state index contributed by atoms with van der Waals surface area (Å²) in [6, 6.07) is 24.7. The number of benzene rings is 4. The Morgan fingerprint density at radius 3 is 2.52 bits per heavy atom. The largest absolute Gasteiger partial charge is 0.494 e. The Balaban J connectivity index is 1.28. The van der Waals surface area contributed by atoms with Crippen LogP contribution in [0.4, 0.5) is 10.1 Å². The summed E-state index contributed by atoms with van der Waals surface area (Å²) < 4.78 is 22.6. The highest BCUT2D eigenvalue weighted by molar-refractivity contribution is 5.93. The molecule has 1 aromatic heterocycles. The van der Waals surface area contributed by atoms with Gasteiger partial charge in [0, 0.05) is 44.1 Å². The minimum atomic E-state index is -0.395. The van der Waals surface area contributed by atoms with E-state index in [1.165, 1.54) is 6.07 Å². The Kier molecular flexibility index (Phi) is 7.63. The Morgan fingerprint density at radius 2 is 1.76 bits per heavy atom. The molecule has 1 N–H and O–H groups in total. The quantitative estimate of drug-likeness (QED) is 0.263. The van der Waals surface area contributed by atoms with Crippen LogP contribution in [-0.4, -0.2) is 58.3 Å². The predicted molar refractivity (Wildman–Crippen MR) is 163 cm³/mol. The lowest BCUT2D eigenvalue weighted by atomic mass is 10.0. The zero-order valence-electron chi connectivity index (χ0n) is 23.8. The number of rotatable bonds is 7. The number of nitrogens with zero attached hydrogens (tertiary/aromatic N) is 4. The van der Waals surface area contributed by atoms with Crippen LogP contribution in [0.25, 0.3) is 27.8 Å². The molecule has 1 saturated heterocycles. The first-order valence-electron chi connectivity index (χ1n) is 14.2. The number of ether oxygens (including phenoxy) is 1. The van der Waals surface area contributed by atoms with Crippen LogP contribution in [0.2, 0.25) is 0 Å². The fraction of sp³-hybridized carbons (Fsp3) is 0.235. The van der Waals surface area contributed by atoms with Gasteiger partial charge in [-0.25, -0.2) is 9.37 Å². The fourth-order valence-corrected chi connectivity index (χ4v) is 5.58. The standard InChI is InChI=1S/C34H33FN4O3/c1-3-42-28-9-6-8-26(20-28)39-21-32(36-33(39)30-12-11-23(2)17-31(30)35)34(41)38-15-13-37(14-16-38)27-18-24-7-4-5-10-29(24)25(19-27)22-40/h4-12,17-21,40H,3,13-16,22H2,1-2H3. The molecule has 8 heteroatoms. The van der Waals surface area contributed by atoms with Gasteiger partial charge in [0.1, 0.15) is 23.1 Å². The number of carbonyl (C=O) groups is 1. The summed E-state index contributed by atoms with van der Waals surface area (Å²) in [5, 5.41) is 12.1. The molecule has 7 nitrogen and oxygen atoms in total. The van der Waals surface area contributed by atoms with Crippen molar-refractivity contribution in [3.8, 4) is 22.8 Å². The van der Waals surface area contributed by atoms with Gasteiger partial charge in [0.2, 0.25) is 0 Å². The number of anilines is 1. The van der Waals surface area contributed by atoms with E-state index < -0.39 is 5.82 Å². The summed E-state index contributed by atoms with van der Waals surface area (Å²) in [5.41, 5.74) is 4.02. The summed E-state index contributed by atoms with van der Waals surface area (Å²) in [7, 11) is 0. The molecule has 1 aliphatic heterocycles. The van der Waals surface area contributed by atoms with Crippen LogP contribution >= 0.6 is 0 Å². The smallest absolute Gasteiger partial charge is 0.274 e. The van der Waals surface area contributed by atoms with Crippen LogP contribution in [0.3, 0.4) is 0 Å². The van der Waals surface area contributed by atoms with Gasteiger partial charge in [0.15, 0.2) is 0 Å². The molecule has 0 spiro atoms. The summed E-state index contributed by atoms with van der Waals surface area (Å²) in [6.45, 7) is 6.55. The molecule has 1 fully saturated rings. The SMILES string of the molecule is CCOc1cccc(-n2cc(C(=O)N3CCN(c4cc(CO)c5ccccc5c4)CC3)nc2-c2ccc(C)cc2F)c1. The van der Waals surface area contributed by atoms with Crippen molar-refractivity contribution in [2.75, 3.05) is 37.7 Å². The van der Waals surface area contributed by atoms with Crippen LogP contribution in [0.15, 0.2) is 85.1 Å². The van der Waals surface area contributed by atoms with Crippen molar-refractivity contribution in [3.05, 3.63) is 108 Å². The van der Waals surface area contributed by atoms with Crippen LogP contribution in [0, 0.1) is 12.7 Å². The zero-order valence-corrected chi connectivity index (χ0v) is 23.8. The molecule has 1 aliphatic rings. The third-order valence-electron chi connectivity index (χ3n) is 7.73. The van der Waals surface area contributed by atoms with Gasteiger partial charge in [0.05, 0.1) is 24.5 Å². The summed E-state index contributed by atoms with van der Waals surface area (Å²) in [4.78, 5) is 22.4. The molecule has 0 bridgehead atoms. The van der Waals surface area contributed by atoms with Crippen molar-refractivity contribution in [2.45, 2.75) is 20.5 Å². The lowest BCUT2D eigenvalue weighted by molar-refractivity contribution is 0.0741. The molecule has 0 radical (unpaired) electrons. The average molecular weight is 565 g/mol. The second-order valence-electron chi connectivity index (χ2n) is 10.5. The highest BCUT2D eigenvalue weighted by atomic mass is 19.1. The van der Waals surface area contributed by atoms with Gasteiger partial charge < -0.3 is 19.6 Å². The molecular weight excluding hydrogens is 531 g/mol. The van der Waals surface area contributed by atoms with Crippen molar-refractivity contribution in [2.24, 2.45) is 0 Å². The number of aliphatic hydroxyl groups is 1. The summed E-state index contributed by atoms with van der Waals surface area (Å²) in [5.74, 6) is 0.447. The van der Waals surface area contributed by atoms with Gasteiger partial charge in [-0.2, -0.15) is 0 Å². The number of aryl methyl sites for hydroxylation is 1. The number of halogens is 1. The maximum absolute atomic E-state index is 15.2. The van der Waals surface area contributed by atoms with E-state index in [1.54, 1.807) is 21.7 Å². The highest BCUT2D eigenvalue weighted by Crippen LogP contribution is 2.30. The first-order chi connectivity index (χ1) is 20.4. The van der Waals surface area contributed by atoms with Crippen molar-refractivity contribution in [1.29, 1.82) is 0 Å². The lowest BCUT2D eigenvalue weighted by Crippen LogP contribution is -2.49. The van der Waals surface area contributed by atoms with Crippen molar-refractivity contribution in [3.63, 3.8) is 0 Å². The minimum Gasteiger partial charge on any atom is -0.494 e. The van der Waals surface area contributed by atoms with Crippen molar-refractivity contribution < 1.29 is 19.0 Å². The van der Waals surface area contributed by atoms with Gasteiger partial charge in [-0.05, 0) is 72.1 Å². The van der Waals surface area contributed by atoms with Gasteiger partial charge in [-0.1, -0.05) is 36.4 Å². The zero-order chi connectivity index (χ0) is 29.2. The Labute approximate surface area is 244 Å². The van der Waals surface area contributed by atoms with E-state index in [0.29, 0.717) is 49.9 Å². The van der Waals surface area contributed by atoms with Gasteiger partial charge in [-0.15, -0.1) is 0 Å². The minimum absolute atomic E-state index is 0.0349. The van der Waals surface area contributed by atoms with E-state index in [2.05, 4.69) is 16.0 Å². The summed E-state index contributed by atoms with van der Waals surface area (Å²) >= 11 is 0. The van der Waals surface area contributed by atoms with Gasteiger partial charge in [0.25, 0.3) is 5.91 Å². The van der Waals surface area contributed by atoms with Gasteiger partial charge in [-0.3, -0.25) is 9.36 Å². The molecule has 0 saturated carbocycles. The fourth-order valence-electron chi connectivity index (χ4n) is 5.58. The number of aliphatic hydroxyl groups excluding tert-OH is 1. The molecule has 0 aliphatic carbocycles. The number of fused-ring (bicyclic) bond motifs is 1. The van der Waals surface area contributed by atoms with Crippen LogP contribution < -0.4 is 9.64 Å². The Morgan fingerprint density at radius 1 is 0.952 bits per heavy atom.